The van der Waals surface area contributed by atoms with Gasteiger partial charge in [-0.3, -0.25) is 9.78 Å². The SMILES string of the molecule is O=c1ccc(-c2ccncc2)nn1CC1CCN(c2nccs2)CC1. The van der Waals surface area contributed by atoms with Gasteiger partial charge in [-0.2, -0.15) is 5.10 Å². The number of anilines is 1. The van der Waals surface area contributed by atoms with Gasteiger partial charge < -0.3 is 4.90 Å². The summed E-state index contributed by atoms with van der Waals surface area (Å²) in [5.74, 6) is 0.467. The van der Waals surface area contributed by atoms with Gasteiger partial charge in [0.2, 0.25) is 0 Å². The highest BCUT2D eigenvalue weighted by molar-refractivity contribution is 7.13. The van der Waals surface area contributed by atoms with Crippen molar-refractivity contribution in [1.29, 1.82) is 0 Å². The maximum atomic E-state index is 12.2. The third-order valence-corrected chi connectivity index (χ3v) is 5.41. The normalized spacial score (nSPS) is 15.4. The Kier molecular flexibility index (Phi) is 4.56. The largest absolute Gasteiger partial charge is 0.348 e. The Morgan fingerprint density at radius 3 is 2.60 bits per heavy atom. The topological polar surface area (TPSA) is 63.9 Å². The van der Waals surface area contributed by atoms with Gasteiger partial charge in [-0.25, -0.2) is 9.67 Å². The van der Waals surface area contributed by atoms with Crippen LogP contribution < -0.4 is 10.5 Å². The minimum atomic E-state index is -0.0415. The number of hydrogen-bond donors (Lipinski definition) is 0. The second-order valence-corrected chi connectivity index (χ2v) is 7.09. The molecule has 3 aromatic heterocycles. The van der Waals surface area contributed by atoms with Crippen LogP contribution in [-0.2, 0) is 6.54 Å². The second-order valence-electron chi connectivity index (χ2n) is 6.22. The minimum absolute atomic E-state index is 0.0415. The molecule has 7 heteroatoms. The molecule has 0 spiro atoms. The maximum absolute atomic E-state index is 12.2. The third-order valence-electron chi connectivity index (χ3n) is 4.58. The predicted octanol–water partition coefficient (Wildman–Crippen LogP) is 2.68. The van der Waals surface area contributed by atoms with Gasteiger partial charge in [0.25, 0.3) is 5.56 Å². The molecule has 0 N–H and O–H groups in total. The summed E-state index contributed by atoms with van der Waals surface area (Å²) in [7, 11) is 0. The summed E-state index contributed by atoms with van der Waals surface area (Å²) in [6.45, 7) is 2.64. The Balaban J connectivity index is 1.45. The lowest BCUT2D eigenvalue weighted by atomic mass is 9.97. The standard InChI is InChI=1S/C18H19N5OS/c24-17-2-1-16(15-3-7-19-8-4-15)21-23(17)13-14-5-10-22(11-6-14)18-20-9-12-25-18/h1-4,7-9,12,14H,5-6,10-11,13H2. The summed E-state index contributed by atoms with van der Waals surface area (Å²) in [5.41, 5.74) is 1.74. The smallest absolute Gasteiger partial charge is 0.266 e. The fourth-order valence-electron chi connectivity index (χ4n) is 3.18. The highest BCUT2D eigenvalue weighted by Gasteiger charge is 2.21. The number of piperidine rings is 1. The fourth-order valence-corrected chi connectivity index (χ4v) is 3.88. The Morgan fingerprint density at radius 2 is 1.88 bits per heavy atom. The Bertz CT molecular complexity index is 870. The van der Waals surface area contributed by atoms with Gasteiger partial charge in [-0.15, -0.1) is 11.3 Å². The molecule has 0 aliphatic carbocycles. The van der Waals surface area contributed by atoms with Crippen LogP contribution in [0.15, 0.2) is 53.0 Å². The van der Waals surface area contributed by atoms with Crippen molar-refractivity contribution >= 4 is 16.5 Å². The van der Waals surface area contributed by atoms with E-state index in [0.717, 1.165) is 42.3 Å². The van der Waals surface area contributed by atoms with Crippen LogP contribution in [0.5, 0.6) is 0 Å². The van der Waals surface area contributed by atoms with E-state index < -0.39 is 0 Å². The van der Waals surface area contributed by atoms with E-state index in [0.29, 0.717) is 12.5 Å². The second kappa shape index (κ2) is 7.14. The van der Waals surface area contributed by atoms with Crippen LogP contribution in [0, 0.1) is 5.92 Å². The van der Waals surface area contributed by atoms with E-state index in [4.69, 9.17) is 0 Å². The molecule has 4 heterocycles. The highest BCUT2D eigenvalue weighted by Crippen LogP contribution is 2.25. The summed E-state index contributed by atoms with van der Waals surface area (Å²) in [4.78, 5) is 22.9. The van der Waals surface area contributed by atoms with Crippen LogP contribution in [0.4, 0.5) is 5.13 Å². The molecular weight excluding hydrogens is 334 g/mol. The van der Waals surface area contributed by atoms with Crippen molar-refractivity contribution in [1.82, 2.24) is 19.7 Å². The molecule has 0 amide bonds. The lowest BCUT2D eigenvalue weighted by molar-refractivity contribution is 0.335. The molecule has 6 nitrogen and oxygen atoms in total. The molecule has 1 fully saturated rings. The molecule has 0 aromatic carbocycles. The zero-order valence-corrected chi connectivity index (χ0v) is 14.6. The zero-order chi connectivity index (χ0) is 17.1. The molecule has 0 unspecified atom stereocenters. The molecule has 0 bridgehead atoms. The predicted molar refractivity (Wildman–Crippen MR) is 98.8 cm³/mol. The molecule has 0 saturated carbocycles. The van der Waals surface area contributed by atoms with E-state index in [1.165, 1.54) is 0 Å². The van der Waals surface area contributed by atoms with Crippen molar-refractivity contribution in [3.63, 3.8) is 0 Å². The van der Waals surface area contributed by atoms with E-state index in [1.807, 2.05) is 23.7 Å². The monoisotopic (exact) mass is 353 g/mol. The van der Waals surface area contributed by atoms with E-state index in [-0.39, 0.29) is 5.56 Å². The quantitative estimate of drug-likeness (QED) is 0.721. The molecule has 128 valence electrons. The molecule has 1 aliphatic heterocycles. The van der Waals surface area contributed by atoms with E-state index in [1.54, 1.807) is 40.5 Å². The molecular formula is C18H19N5OS. The summed E-state index contributed by atoms with van der Waals surface area (Å²) in [5, 5.41) is 7.66. The van der Waals surface area contributed by atoms with Crippen molar-refractivity contribution in [3.8, 4) is 11.3 Å². The zero-order valence-electron chi connectivity index (χ0n) is 13.8. The highest BCUT2D eigenvalue weighted by atomic mass is 32.1. The number of hydrogen-bond acceptors (Lipinski definition) is 6. The van der Waals surface area contributed by atoms with Gasteiger partial charge >= 0.3 is 0 Å². The van der Waals surface area contributed by atoms with Crippen molar-refractivity contribution < 1.29 is 0 Å². The van der Waals surface area contributed by atoms with Gasteiger partial charge in [0.05, 0.1) is 5.69 Å². The van der Waals surface area contributed by atoms with Crippen molar-refractivity contribution in [3.05, 3.63) is 58.6 Å². The average Bonchev–Trinajstić information content (AvgIpc) is 3.20. The van der Waals surface area contributed by atoms with Gasteiger partial charge in [0, 0.05) is 55.2 Å². The molecule has 1 aliphatic rings. The van der Waals surface area contributed by atoms with Gasteiger partial charge in [-0.05, 0) is 37.0 Å². The van der Waals surface area contributed by atoms with Crippen molar-refractivity contribution in [2.45, 2.75) is 19.4 Å². The fraction of sp³-hybridized carbons (Fsp3) is 0.333. The minimum Gasteiger partial charge on any atom is -0.348 e. The third kappa shape index (κ3) is 3.61. The van der Waals surface area contributed by atoms with Gasteiger partial charge in [-0.1, -0.05) is 0 Å². The van der Waals surface area contributed by atoms with E-state index in [9.17, 15) is 4.79 Å². The first-order valence-corrected chi connectivity index (χ1v) is 9.30. The first-order chi connectivity index (χ1) is 12.3. The lowest BCUT2D eigenvalue weighted by Crippen LogP contribution is -2.36. The molecule has 3 aromatic rings. The Morgan fingerprint density at radius 1 is 1.08 bits per heavy atom. The van der Waals surface area contributed by atoms with Crippen molar-refractivity contribution in [2.75, 3.05) is 18.0 Å². The van der Waals surface area contributed by atoms with E-state index >= 15 is 0 Å². The summed E-state index contributed by atoms with van der Waals surface area (Å²) < 4.78 is 1.61. The van der Waals surface area contributed by atoms with Crippen LogP contribution in [-0.4, -0.2) is 32.8 Å². The Hall–Kier alpha value is -2.54. The van der Waals surface area contributed by atoms with Gasteiger partial charge in [0.15, 0.2) is 5.13 Å². The van der Waals surface area contributed by atoms with Crippen LogP contribution in [0.25, 0.3) is 11.3 Å². The van der Waals surface area contributed by atoms with Crippen LogP contribution >= 0.6 is 11.3 Å². The first-order valence-electron chi connectivity index (χ1n) is 8.42. The lowest BCUT2D eigenvalue weighted by Gasteiger charge is -2.31. The van der Waals surface area contributed by atoms with E-state index in [2.05, 4.69) is 20.0 Å². The number of aromatic nitrogens is 4. The Labute approximate surface area is 149 Å². The summed E-state index contributed by atoms with van der Waals surface area (Å²) >= 11 is 1.68. The number of nitrogens with zero attached hydrogens (tertiary/aromatic N) is 5. The number of rotatable bonds is 4. The van der Waals surface area contributed by atoms with Crippen LogP contribution in [0.3, 0.4) is 0 Å². The summed E-state index contributed by atoms with van der Waals surface area (Å²) in [6, 6.07) is 7.19. The number of pyridine rings is 1. The molecule has 4 rings (SSSR count). The van der Waals surface area contributed by atoms with Crippen molar-refractivity contribution in [2.24, 2.45) is 5.92 Å². The van der Waals surface area contributed by atoms with Gasteiger partial charge in [0.1, 0.15) is 0 Å². The molecule has 0 radical (unpaired) electrons. The maximum Gasteiger partial charge on any atom is 0.266 e. The molecule has 1 saturated heterocycles. The average molecular weight is 353 g/mol. The molecule has 0 atom stereocenters. The van der Waals surface area contributed by atoms with Crippen LogP contribution in [0.1, 0.15) is 12.8 Å². The van der Waals surface area contributed by atoms with Crippen LogP contribution in [0.2, 0.25) is 0 Å². The molecule has 25 heavy (non-hydrogen) atoms. The summed E-state index contributed by atoms with van der Waals surface area (Å²) in [6.07, 6.45) is 7.42. The first kappa shape index (κ1) is 16.0. The number of thiazole rings is 1.